The highest BCUT2D eigenvalue weighted by Crippen LogP contribution is 2.35. The molecule has 1 atom stereocenters. The van der Waals surface area contributed by atoms with Gasteiger partial charge >= 0.3 is 0 Å². The molecule has 2 heteroatoms. The highest BCUT2D eigenvalue weighted by molar-refractivity contribution is 6.23. The van der Waals surface area contributed by atoms with Gasteiger partial charge in [0.1, 0.15) is 0 Å². The highest BCUT2D eigenvalue weighted by atomic mass is 35.5. The molecule has 0 bridgehead atoms. The molecule has 0 aromatic carbocycles. The first-order valence-corrected chi connectivity index (χ1v) is 5.40. The molecule has 0 aliphatic carbocycles. The van der Waals surface area contributed by atoms with Crippen molar-refractivity contribution in [2.45, 2.75) is 57.9 Å². The van der Waals surface area contributed by atoms with Gasteiger partial charge in [0.2, 0.25) is 0 Å². The third-order valence-electron chi connectivity index (χ3n) is 2.19. The van der Waals surface area contributed by atoms with Crippen molar-refractivity contribution in [1.29, 1.82) is 0 Å². The van der Waals surface area contributed by atoms with Crippen molar-refractivity contribution in [3.63, 3.8) is 0 Å². The Labute approximate surface area is 93.2 Å². The molecule has 0 heterocycles. The minimum atomic E-state index is -0.733. The van der Waals surface area contributed by atoms with Crippen molar-refractivity contribution >= 4 is 11.6 Å². The molecule has 1 nitrogen and oxygen atoms in total. The highest BCUT2D eigenvalue weighted by Gasteiger charge is 2.33. The Hall–Kier alpha value is -0.0100. The molecule has 0 radical (unpaired) electrons. The number of halogens is 1. The van der Waals surface area contributed by atoms with Gasteiger partial charge < -0.3 is 5.11 Å². The van der Waals surface area contributed by atoms with Crippen LogP contribution in [0.15, 0.2) is 12.7 Å². The largest absolute Gasteiger partial charge is 0.390 e. The maximum atomic E-state index is 10.2. The van der Waals surface area contributed by atoms with E-state index in [0.29, 0.717) is 12.8 Å². The Bertz CT molecular complexity index is 199. The van der Waals surface area contributed by atoms with E-state index < -0.39 is 5.60 Å². The van der Waals surface area contributed by atoms with Gasteiger partial charge in [-0.15, -0.1) is 18.2 Å². The Morgan fingerprint density at radius 1 is 1.14 bits per heavy atom. The smallest absolute Gasteiger partial charge is 0.0644 e. The van der Waals surface area contributed by atoms with Crippen molar-refractivity contribution < 1.29 is 5.11 Å². The predicted octanol–water partition coefficient (Wildman–Crippen LogP) is 3.75. The van der Waals surface area contributed by atoms with Gasteiger partial charge in [-0.3, -0.25) is 0 Å². The van der Waals surface area contributed by atoms with Gasteiger partial charge in [-0.05, 0) is 39.0 Å². The van der Waals surface area contributed by atoms with E-state index in [2.05, 4.69) is 20.4 Å². The van der Waals surface area contributed by atoms with Crippen LogP contribution in [0.4, 0.5) is 0 Å². The molecule has 0 saturated heterocycles. The SMILES string of the molecule is C=CC(C)(C)CC(C)(O)CC(C)(C)Cl. The van der Waals surface area contributed by atoms with Gasteiger partial charge in [-0.25, -0.2) is 0 Å². The zero-order chi connectivity index (χ0) is 11.6. The monoisotopic (exact) mass is 218 g/mol. The van der Waals surface area contributed by atoms with E-state index in [1.165, 1.54) is 0 Å². The summed E-state index contributed by atoms with van der Waals surface area (Å²) in [6.45, 7) is 13.6. The van der Waals surface area contributed by atoms with E-state index >= 15 is 0 Å². The van der Waals surface area contributed by atoms with E-state index in [1.54, 1.807) is 0 Å². The average molecular weight is 219 g/mol. The van der Waals surface area contributed by atoms with Gasteiger partial charge in [0.15, 0.2) is 0 Å². The lowest BCUT2D eigenvalue weighted by atomic mass is 9.78. The maximum absolute atomic E-state index is 10.2. The van der Waals surface area contributed by atoms with Crippen LogP contribution in [-0.4, -0.2) is 15.6 Å². The van der Waals surface area contributed by atoms with Crippen LogP contribution in [-0.2, 0) is 0 Å². The Morgan fingerprint density at radius 3 is 1.86 bits per heavy atom. The normalized spacial score (nSPS) is 17.6. The van der Waals surface area contributed by atoms with Crippen molar-refractivity contribution in [2.75, 3.05) is 0 Å². The zero-order valence-corrected chi connectivity index (χ0v) is 10.8. The van der Waals surface area contributed by atoms with Gasteiger partial charge in [-0.2, -0.15) is 0 Å². The zero-order valence-electron chi connectivity index (χ0n) is 10.0. The first-order chi connectivity index (χ1) is 5.97. The molecule has 1 N–H and O–H groups in total. The van der Waals surface area contributed by atoms with Crippen LogP contribution >= 0.6 is 11.6 Å². The topological polar surface area (TPSA) is 20.2 Å². The van der Waals surface area contributed by atoms with E-state index in [4.69, 9.17) is 11.6 Å². The third kappa shape index (κ3) is 6.44. The standard InChI is InChI=1S/C12H23ClO/c1-7-10(2,3)8-12(6,14)9-11(4,5)13/h7,14H,1,8-9H2,2-6H3. The van der Waals surface area contributed by atoms with Crippen molar-refractivity contribution in [1.82, 2.24) is 0 Å². The minimum Gasteiger partial charge on any atom is -0.390 e. The summed E-state index contributed by atoms with van der Waals surface area (Å²) in [7, 11) is 0. The lowest BCUT2D eigenvalue weighted by Crippen LogP contribution is -2.36. The second kappa shape index (κ2) is 4.24. The minimum absolute atomic E-state index is 0.0500. The first-order valence-electron chi connectivity index (χ1n) is 5.02. The maximum Gasteiger partial charge on any atom is 0.0644 e. The number of rotatable bonds is 5. The molecule has 0 spiro atoms. The van der Waals surface area contributed by atoms with Gasteiger partial charge in [-0.1, -0.05) is 19.9 Å². The summed E-state index contributed by atoms with van der Waals surface area (Å²) in [6, 6.07) is 0. The fourth-order valence-corrected chi connectivity index (χ4v) is 2.31. The Morgan fingerprint density at radius 2 is 1.57 bits per heavy atom. The van der Waals surface area contributed by atoms with E-state index in [1.807, 2.05) is 26.8 Å². The molecule has 0 saturated carbocycles. The second-order valence-electron chi connectivity index (χ2n) is 5.76. The van der Waals surface area contributed by atoms with Crippen molar-refractivity contribution in [2.24, 2.45) is 5.41 Å². The van der Waals surface area contributed by atoms with E-state index in [9.17, 15) is 5.11 Å². The van der Waals surface area contributed by atoms with Crippen LogP contribution in [0.3, 0.4) is 0 Å². The predicted molar refractivity (Wildman–Crippen MR) is 63.8 cm³/mol. The summed E-state index contributed by atoms with van der Waals surface area (Å²) in [4.78, 5) is -0.360. The lowest BCUT2D eigenvalue weighted by molar-refractivity contribution is 0.0103. The molecule has 0 aromatic heterocycles. The number of aliphatic hydroxyl groups is 1. The molecular formula is C12H23ClO. The molecule has 14 heavy (non-hydrogen) atoms. The van der Waals surface area contributed by atoms with E-state index in [-0.39, 0.29) is 10.3 Å². The number of allylic oxidation sites excluding steroid dienone is 1. The van der Waals surface area contributed by atoms with Crippen molar-refractivity contribution in [3.05, 3.63) is 12.7 Å². The Balaban J connectivity index is 4.42. The molecule has 0 aliphatic rings. The number of hydrogen-bond acceptors (Lipinski definition) is 1. The fraction of sp³-hybridized carbons (Fsp3) is 0.833. The summed E-state index contributed by atoms with van der Waals surface area (Å²) < 4.78 is 0. The number of alkyl halides is 1. The summed E-state index contributed by atoms with van der Waals surface area (Å²) in [5, 5.41) is 10.2. The van der Waals surface area contributed by atoms with Crippen LogP contribution in [0.2, 0.25) is 0 Å². The lowest BCUT2D eigenvalue weighted by Gasteiger charge is -2.35. The number of hydrogen-bond donors (Lipinski definition) is 1. The van der Waals surface area contributed by atoms with Crippen LogP contribution in [0, 0.1) is 5.41 Å². The summed E-state index contributed by atoms with van der Waals surface area (Å²) in [6.07, 6.45) is 3.14. The molecule has 0 aliphatic heterocycles. The second-order valence-corrected chi connectivity index (χ2v) is 6.79. The third-order valence-corrected chi connectivity index (χ3v) is 2.32. The molecule has 1 unspecified atom stereocenters. The Kier molecular flexibility index (Phi) is 4.24. The molecule has 0 amide bonds. The quantitative estimate of drug-likeness (QED) is 0.551. The summed E-state index contributed by atoms with van der Waals surface area (Å²) >= 11 is 6.10. The molecular weight excluding hydrogens is 196 g/mol. The van der Waals surface area contributed by atoms with Gasteiger partial charge in [0, 0.05) is 4.87 Å². The van der Waals surface area contributed by atoms with Crippen LogP contribution < -0.4 is 0 Å². The molecule has 0 rings (SSSR count). The molecule has 0 fully saturated rings. The van der Waals surface area contributed by atoms with Crippen LogP contribution in [0.1, 0.15) is 47.5 Å². The summed E-state index contributed by atoms with van der Waals surface area (Å²) in [5.74, 6) is 0. The summed E-state index contributed by atoms with van der Waals surface area (Å²) in [5.41, 5.74) is -0.783. The van der Waals surface area contributed by atoms with Crippen LogP contribution in [0.25, 0.3) is 0 Å². The van der Waals surface area contributed by atoms with Crippen LogP contribution in [0.5, 0.6) is 0 Å². The average Bonchev–Trinajstić information content (AvgIpc) is 1.78. The first kappa shape index (κ1) is 14.0. The van der Waals surface area contributed by atoms with E-state index in [0.717, 1.165) is 0 Å². The molecule has 0 aromatic rings. The molecule has 84 valence electrons. The van der Waals surface area contributed by atoms with Gasteiger partial charge in [0.25, 0.3) is 0 Å². The fourth-order valence-electron chi connectivity index (χ4n) is 2.02. The van der Waals surface area contributed by atoms with Gasteiger partial charge in [0.05, 0.1) is 5.60 Å². The van der Waals surface area contributed by atoms with Crippen molar-refractivity contribution in [3.8, 4) is 0 Å².